The summed E-state index contributed by atoms with van der Waals surface area (Å²) in [7, 11) is 1.72. The van der Waals surface area contributed by atoms with E-state index in [-0.39, 0.29) is 5.97 Å². The Kier molecular flexibility index (Phi) is 8.50. The first kappa shape index (κ1) is 18.4. The van der Waals surface area contributed by atoms with Crippen LogP contribution >= 0.6 is 11.3 Å². The van der Waals surface area contributed by atoms with Crippen LogP contribution in [0.4, 0.5) is 0 Å². The van der Waals surface area contributed by atoms with Gasteiger partial charge < -0.3 is 15.4 Å². The maximum Gasteiger partial charge on any atom is 0.305 e. The second-order valence-electron chi connectivity index (χ2n) is 5.08. The van der Waals surface area contributed by atoms with Gasteiger partial charge in [-0.2, -0.15) is 0 Å². The second kappa shape index (κ2) is 10.2. The summed E-state index contributed by atoms with van der Waals surface area (Å²) in [6.45, 7) is 7.84. The molecule has 0 spiro atoms. The normalized spacial score (nSPS) is 11.6. The fourth-order valence-electron chi connectivity index (χ4n) is 1.72. The monoisotopic (exact) mass is 326 g/mol. The van der Waals surface area contributed by atoms with Gasteiger partial charge in [0.2, 0.25) is 0 Å². The van der Waals surface area contributed by atoms with Gasteiger partial charge in [-0.25, -0.2) is 4.98 Å². The SMILES string of the molecule is CCOC(=O)CCCNC(=NC)NCc1nc(C(C)C)cs1. The van der Waals surface area contributed by atoms with Crippen LogP contribution < -0.4 is 10.6 Å². The van der Waals surface area contributed by atoms with E-state index in [1.165, 1.54) is 0 Å². The third-order valence-electron chi connectivity index (χ3n) is 2.95. The number of thiazole rings is 1. The Morgan fingerprint density at radius 1 is 1.45 bits per heavy atom. The number of carbonyl (C=O) groups excluding carboxylic acids is 1. The highest BCUT2D eigenvalue weighted by atomic mass is 32.1. The number of aliphatic imine (C=N–C) groups is 1. The highest BCUT2D eigenvalue weighted by Crippen LogP contribution is 2.17. The maximum absolute atomic E-state index is 11.2. The zero-order chi connectivity index (χ0) is 16.4. The lowest BCUT2D eigenvalue weighted by Crippen LogP contribution is -2.37. The Bertz CT molecular complexity index is 486. The van der Waals surface area contributed by atoms with Gasteiger partial charge in [-0.15, -0.1) is 11.3 Å². The van der Waals surface area contributed by atoms with Crippen LogP contribution in [0, 0.1) is 0 Å². The summed E-state index contributed by atoms with van der Waals surface area (Å²) < 4.78 is 4.88. The number of nitrogens with one attached hydrogen (secondary N) is 2. The molecule has 124 valence electrons. The third kappa shape index (κ3) is 6.89. The number of nitrogens with zero attached hydrogens (tertiary/aromatic N) is 2. The van der Waals surface area contributed by atoms with Gasteiger partial charge in [0.25, 0.3) is 0 Å². The molecule has 0 amide bonds. The van der Waals surface area contributed by atoms with Crippen LogP contribution in [-0.4, -0.2) is 37.1 Å². The molecule has 0 aromatic carbocycles. The lowest BCUT2D eigenvalue weighted by atomic mass is 10.2. The molecule has 1 heterocycles. The van der Waals surface area contributed by atoms with Crippen molar-refractivity contribution in [2.24, 2.45) is 4.99 Å². The molecule has 2 N–H and O–H groups in total. The van der Waals surface area contributed by atoms with E-state index in [4.69, 9.17) is 4.74 Å². The van der Waals surface area contributed by atoms with Gasteiger partial charge in [0.1, 0.15) is 5.01 Å². The number of ether oxygens (including phenoxy) is 1. The average Bonchev–Trinajstić information content (AvgIpc) is 2.96. The summed E-state index contributed by atoms with van der Waals surface area (Å²) in [6.07, 6.45) is 1.14. The fourth-order valence-corrected chi connectivity index (χ4v) is 2.62. The van der Waals surface area contributed by atoms with Crippen molar-refractivity contribution >= 4 is 23.3 Å². The second-order valence-corrected chi connectivity index (χ2v) is 6.02. The molecule has 0 saturated heterocycles. The van der Waals surface area contributed by atoms with E-state index < -0.39 is 0 Å². The summed E-state index contributed by atoms with van der Waals surface area (Å²) in [6, 6.07) is 0. The van der Waals surface area contributed by atoms with Gasteiger partial charge in [-0.3, -0.25) is 9.79 Å². The van der Waals surface area contributed by atoms with E-state index in [0.29, 0.717) is 44.4 Å². The molecule has 6 nitrogen and oxygen atoms in total. The Hall–Kier alpha value is -1.63. The largest absolute Gasteiger partial charge is 0.466 e. The topological polar surface area (TPSA) is 75.6 Å². The van der Waals surface area contributed by atoms with Crippen LogP contribution in [0.1, 0.15) is 50.2 Å². The highest BCUT2D eigenvalue weighted by molar-refractivity contribution is 7.09. The van der Waals surface area contributed by atoms with E-state index in [2.05, 4.69) is 39.8 Å². The molecule has 0 fully saturated rings. The lowest BCUT2D eigenvalue weighted by molar-refractivity contribution is -0.143. The third-order valence-corrected chi connectivity index (χ3v) is 3.81. The number of carbonyl (C=O) groups is 1. The van der Waals surface area contributed by atoms with Gasteiger partial charge in [0, 0.05) is 25.4 Å². The van der Waals surface area contributed by atoms with E-state index in [9.17, 15) is 4.79 Å². The molecular weight excluding hydrogens is 300 g/mol. The number of guanidine groups is 1. The Balaban J connectivity index is 2.26. The van der Waals surface area contributed by atoms with Crippen LogP contribution in [0.5, 0.6) is 0 Å². The summed E-state index contributed by atoms with van der Waals surface area (Å²) in [4.78, 5) is 19.9. The van der Waals surface area contributed by atoms with Gasteiger partial charge in [-0.1, -0.05) is 13.8 Å². The number of hydrogen-bond acceptors (Lipinski definition) is 5. The first-order valence-electron chi connectivity index (χ1n) is 7.61. The maximum atomic E-state index is 11.2. The van der Waals surface area contributed by atoms with Crippen molar-refractivity contribution in [3.05, 3.63) is 16.1 Å². The summed E-state index contributed by atoms with van der Waals surface area (Å²) >= 11 is 1.65. The number of hydrogen-bond donors (Lipinski definition) is 2. The Morgan fingerprint density at radius 3 is 2.82 bits per heavy atom. The quantitative estimate of drug-likeness (QED) is 0.332. The molecule has 1 aromatic heterocycles. The Morgan fingerprint density at radius 2 is 2.23 bits per heavy atom. The van der Waals surface area contributed by atoms with Gasteiger partial charge in [-0.05, 0) is 19.3 Å². The minimum atomic E-state index is -0.156. The molecule has 1 aromatic rings. The molecule has 0 aliphatic rings. The van der Waals surface area contributed by atoms with Crippen molar-refractivity contribution in [1.29, 1.82) is 0 Å². The first-order valence-corrected chi connectivity index (χ1v) is 8.49. The van der Waals surface area contributed by atoms with Gasteiger partial charge in [0.05, 0.1) is 18.8 Å². The van der Waals surface area contributed by atoms with E-state index in [1.54, 1.807) is 18.4 Å². The minimum absolute atomic E-state index is 0.156. The van der Waals surface area contributed by atoms with Crippen LogP contribution in [0.25, 0.3) is 0 Å². The zero-order valence-corrected chi connectivity index (χ0v) is 14.6. The molecule has 0 atom stereocenters. The predicted molar refractivity (Wildman–Crippen MR) is 90.3 cm³/mol. The van der Waals surface area contributed by atoms with Crippen molar-refractivity contribution in [2.45, 2.75) is 46.1 Å². The molecule has 0 bridgehead atoms. The van der Waals surface area contributed by atoms with E-state index in [0.717, 1.165) is 10.7 Å². The predicted octanol–water partition coefficient (Wildman–Crippen LogP) is 2.27. The van der Waals surface area contributed by atoms with Crippen molar-refractivity contribution in [1.82, 2.24) is 15.6 Å². The van der Waals surface area contributed by atoms with Crippen LogP contribution in [0.2, 0.25) is 0 Å². The minimum Gasteiger partial charge on any atom is -0.466 e. The number of esters is 1. The molecular formula is C15H26N4O2S. The molecule has 0 unspecified atom stereocenters. The molecule has 0 aliphatic heterocycles. The van der Waals surface area contributed by atoms with Crippen LogP contribution in [0.15, 0.2) is 10.4 Å². The average molecular weight is 326 g/mol. The Labute approximate surface area is 136 Å². The van der Waals surface area contributed by atoms with Gasteiger partial charge >= 0.3 is 5.97 Å². The van der Waals surface area contributed by atoms with E-state index in [1.807, 2.05) is 6.92 Å². The molecule has 0 saturated carbocycles. The van der Waals surface area contributed by atoms with Crippen molar-refractivity contribution in [2.75, 3.05) is 20.2 Å². The molecule has 0 radical (unpaired) electrons. The molecule has 0 aliphatic carbocycles. The first-order chi connectivity index (χ1) is 10.6. The highest BCUT2D eigenvalue weighted by Gasteiger charge is 2.06. The zero-order valence-electron chi connectivity index (χ0n) is 13.8. The van der Waals surface area contributed by atoms with Crippen LogP contribution in [-0.2, 0) is 16.1 Å². The smallest absolute Gasteiger partial charge is 0.305 e. The van der Waals surface area contributed by atoms with Crippen molar-refractivity contribution < 1.29 is 9.53 Å². The molecule has 1 rings (SSSR count). The number of aromatic nitrogens is 1. The number of rotatable bonds is 8. The molecule has 22 heavy (non-hydrogen) atoms. The van der Waals surface area contributed by atoms with Crippen molar-refractivity contribution in [3.63, 3.8) is 0 Å². The summed E-state index contributed by atoms with van der Waals surface area (Å²) in [5.74, 6) is 1.01. The van der Waals surface area contributed by atoms with Crippen molar-refractivity contribution in [3.8, 4) is 0 Å². The lowest BCUT2D eigenvalue weighted by Gasteiger charge is -2.10. The molecule has 7 heteroatoms. The fraction of sp³-hybridized carbons (Fsp3) is 0.667. The van der Waals surface area contributed by atoms with E-state index >= 15 is 0 Å². The summed E-state index contributed by atoms with van der Waals surface area (Å²) in [5.41, 5.74) is 1.12. The standard InChI is InChI=1S/C15H26N4O2S/c1-5-21-14(20)7-6-8-17-15(16-4)18-9-13-19-12(10-22-13)11(2)3/h10-11H,5-9H2,1-4H3,(H2,16,17,18). The van der Waals surface area contributed by atoms with Gasteiger partial charge in [0.15, 0.2) is 5.96 Å². The summed E-state index contributed by atoms with van der Waals surface area (Å²) in [5, 5.41) is 9.53. The van der Waals surface area contributed by atoms with Crippen LogP contribution in [0.3, 0.4) is 0 Å².